The predicted octanol–water partition coefficient (Wildman–Crippen LogP) is 4.17. The van der Waals surface area contributed by atoms with Crippen LogP contribution in [0.15, 0.2) is 53.4 Å². The van der Waals surface area contributed by atoms with Crippen molar-refractivity contribution in [3.05, 3.63) is 59.1 Å². The lowest BCUT2D eigenvalue weighted by Crippen LogP contribution is -2.45. The van der Waals surface area contributed by atoms with E-state index in [1.54, 1.807) is 31.2 Å². The Balaban J connectivity index is 0.00000256. The van der Waals surface area contributed by atoms with E-state index in [0.717, 1.165) is 42.8 Å². The first-order valence-corrected chi connectivity index (χ1v) is 11.3. The number of nitrogens with zero attached hydrogens (tertiary/aromatic N) is 3. The minimum atomic E-state index is -3.82. The lowest BCUT2D eigenvalue weighted by Gasteiger charge is -2.34. The molecule has 9 heteroatoms. The van der Waals surface area contributed by atoms with Gasteiger partial charge in [-0.15, -0.1) is 12.4 Å². The van der Waals surface area contributed by atoms with Gasteiger partial charge in [0.15, 0.2) is 0 Å². The van der Waals surface area contributed by atoms with E-state index in [4.69, 9.17) is 16.6 Å². The van der Waals surface area contributed by atoms with Crippen molar-refractivity contribution in [2.75, 3.05) is 42.8 Å². The number of hydrogen-bond acceptors (Lipinski definition) is 5. The highest BCUT2D eigenvalue weighted by Crippen LogP contribution is 2.30. The van der Waals surface area contributed by atoms with Crippen molar-refractivity contribution < 1.29 is 8.42 Å². The summed E-state index contributed by atoms with van der Waals surface area (Å²) in [6.45, 7) is 5.26. The zero-order chi connectivity index (χ0) is 20.6. The van der Waals surface area contributed by atoms with E-state index < -0.39 is 10.0 Å². The van der Waals surface area contributed by atoms with Gasteiger partial charge in [-0.05, 0) is 43.1 Å². The predicted molar refractivity (Wildman–Crippen MR) is 126 cm³/mol. The molecule has 2 heterocycles. The van der Waals surface area contributed by atoms with E-state index in [9.17, 15) is 8.42 Å². The molecule has 1 fully saturated rings. The molecule has 2 aromatic carbocycles. The van der Waals surface area contributed by atoms with Crippen LogP contribution in [0.1, 0.15) is 5.56 Å². The van der Waals surface area contributed by atoms with Gasteiger partial charge in [-0.1, -0.05) is 41.9 Å². The maximum Gasteiger partial charge on any atom is 0.263 e. The first kappa shape index (κ1) is 22.6. The average molecular weight is 467 g/mol. The highest BCUT2D eigenvalue weighted by molar-refractivity contribution is 7.92. The van der Waals surface area contributed by atoms with Gasteiger partial charge in [-0.3, -0.25) is 4.72 Å². The largest absolute Gasteiger partial charge is 0.353 e. The van der Waals surface area contributed by atoms with E-state index in [1.807, 2.05) is 24.3 Å². The summed E-state index contributed by atoms with van der Waals surface area (Å²) < 4.78 is 28.7. The van der Waals surface area contributed by atoms with Gasteiger partial charge in [-0.2, -0.15) is 0 Å². The molecule has 1 saturated heterocycles. The van der Waals surface area contributed by atoms with Crippen LogP contribution >= 0.6 is 24.0 Å². The number of likely N-dealkylation sites (N-methyl/N-ethyl adjacent to an activating group) is 1. The molecule has 160 valence electrons. The Bertz CT molecular complexity index is 1160. The summed E-state index contributed by atoms with van der Waals surface area (Å²) in [6.07, 6.45) is 0. The Morgan fingerprint density at radius 1 is 1.03 bits per heavy atom. The molecule has 30 heavy (non-hydrogen) atoms. The van der Waals surface area contributed by atoms with Gasteiger partial charge >= 0.3 is 0 Å². The zero-order valence-electron chi connectivity index (χ0n) is 16.8. The van der Waals surface area contributed by atoms with Crippen LogP contribution in [-0.2, 0) is 10.0 Å². The molecule has 0 aliphatic carbocycles. The van der Waals surface area contributed by atoms with Crippen molar-refractivity contribution in [1.29, 1.82) is 0 Å². The third-order valence-corrected chi connectivity index (χ3v) is 7.18. The average Bonchev–Trinajstić information content (AvgIpc) is 2.69. The molecule has 0 unspecified atom stereocenters. The number of benzene rings is 2. The number of aromatic nitrogens is 1. The minimum absolute atomic E-state index is 0. The van der Waals surface area contributed by atoms with Crippen LogP contribution in [-0.4, -0.2) is 51.5 Å². The molecule has 0 bridgehead atoms. The first-order chi connectivity index (χ1) is 13.8. The van der Waals surface area contributed by atoms with E-state index in [0.29, 0.717) is 16.4 Å². The topological polar surface area (TPSA) is 65.5 Å². The summed E-state index contributed by atoms with van der Waals surface area (Å²) in [5.74, 6) is 1.11. The Hall–Kier alpha value is -2.06. The lowest BCUT2D eigenvalue weighted by molar-refractivity contribution is 0.312. The van der Waals surface area contributed by atoms with E-state index >= 15 is 0 Å². The van der Waals surface area contributed by atoms with E-state index in [-0.39, 0.29) is 17.3 Å². The Labute approximate surface area is 188 Å². The molecule has 0 saturated carbocycles. The second-order valence-electron chi connectivity index (χ2n) is 7.31. The van der Waals surface area contributed by atoms with Crippen LogP contribution in [0, 0.1) is 6.92 Å². The van der Waals surface area contributed by atoms with Crippen molar-refractivity contribution in [3.63, 3.8) is 0 Å². The van der Waals surface area contributed by atoms with Crippen LogP contribution in [0.5, 0.6) is 0 Å². The normalized spacial score (nSPS) is 15.1. The molecule has 1 aliphatic heterocycles. The monoisotopic (exact) mass is 466 g/mol. The van der Waals surface area contributed by atoms with Crippen molar-refractivity contribution in [3.8, 4) is 0 Å². The summed E-state index contributed by atoms with van der Waals surface area (Å²) in [5, 5.41) is 2.37. The number of rotatable bonds is 4. The fourth-order valence-electron chi connectivity index (χ4n) is 3.56. The fourth-order valence-corrected chi connectivity index (χ4v) is 5.05. The summed E-state index contributed by atoms with van der Waals surface area (Å²) in [4.78, 5) is 9.33. The molecule has 0 amide bonds. The van der Waals surface area contributed by atoms with Gasteiger partial charge < -0.3 is 9.80 Å². The summed E-state index contributed by atoms with van der Waals surface area (Å²) in [5.41, 5.74) is 0.516. The van der Waals surface area contributed by atoms with Gasteiger partial charge in [-0.25, -0.2) is 13.4 Å². The number of sulfonamides is 1. The van der Waals surface area contributed by atoms with E-state index in [1.165, 1.54) is 0 Å². The number of anilines is 2. The second-order valence-corrected chi connectivity index (χ2v) is 9.37. The van der Waals surface area contributed by atoms with Crippen LogP contribution in [0.4, 0.5) is 11.6 Å². The number of nitrogens with one attached hydrogen (secondary N) is 1. The zero-order valence-corrected chi connectivity index (χ0v) is 19.2. The SMILES string of the molecule is Cc1c(Cl)cccc1S(=O)(=O)Nc1cc2ccccc2c(N2CCN(C)CC2)n1.Cl. The molecule has 0 spiro atoms. The van der Waals surface area contributed by atoms with Gasteiger partial charge in [0.2, 0.25) is 0 Å². The molecule has 4 rings (SSSR count). The third kappa shape index (κ3) is 4.49. The van der Waals surface area contributed by atoms with Crippen molar-refractivity contribution in [2.24, 2.45) is 0 Å². The maximum absolute atomic E-state index is 13.0. The Morgan fingerprint density at radius 3 is 2.47 bits per heavy atom. The molecule has 3 aromatic rings. The van der Waals surface area contributed by atoms with Crippen molar-refractivity contribution in [1.82, 2.24) is 9.88 Å². The Morgan fingerprint density at radius 2 is 1.73 bits per heavy atom. The standard InChI is InChI=1S/C21H23ClN4O2S.ClH/c1-15-18(22)8-5-9-19(15)29(27,28)24-20-14-16-6-3-4-7-17(16)21(23-20)26-12-10-25(2)11-13-26;/h3-9,14H,10-13H2,1-2H3,(H,23,24);1H. The third-order valence-electron chi connectivity index (χ3n) is 5.27. The first-order valence-electron chi connectivity index (χ1n) is 9.46. The number of pyridine rings is 1. The van der Waals surface area contributed by atoms with Crippen LogP contribution in [0.3, 0.4) is 0 Å². The lowest BCUT2D eigenvalue weighted by atomic mass is 10.1. The molecule has 0 radical (unpaired) electrons. The maximum atomic E-state index is 13.0. The van der Waals surface area contributed by atoms with Crippen LogP contribution < -0.4 is 9.62 Å². The van der Waals surface area contributed by atoms with Gasteiger partial charge in [0.05, 0.1) is 4.90 Å². The van der Waals surface area contributed by atoms with Crippen molar-refractivity contribution >= 4 is 56.4 Å². The fraction of sp³-hybridized carbons (Fsp3) is 0.286. The van der Waals surface area contributed by atoms with Crippen molar-refractivity contribution in [2.45, 2.75) is 11.8 Å². The Kier molecular flexibility index (Phi) is 6.77. The number of hydrogen-bond donors (Lipinski definition) is 1. The molecule has 1 N–H and O–H groups in total. The highest BCUT2D eigenvalue weighted by Gasteiger charge is 2.22. The van der Waals surface area contributed by atoms with Gasteiger partial charge in [0, 0.05) is 36.6 Å². The molecule has 1 aromatic heterocycles. The number of fused-ring (bicyclic) bond motifs is 1. The molecule has 6 nitrogen and oxygen atoms in total. The molecular weight excluding hydrogens is 443 g/mol. The van der Waals surface area contributed by atoms with Crippen LogP contribution in [0.25, 0.3) is 10.8 Å². The minimum Gasteiger partial charge on any atom is -0.353 e. The second kappa shape index (κ2) is 8.98. The molecule has 1 aliphatic rings. The summed E-state index contributed by atoms with van der Waals surface area (Å²) in [6, 6.07) is 14.5. The van der Waals surface area contributed by atoms with E-state index in [2.05, 4.69) is 21.6 Å². The number of piperazine rings is 1. The highest BCUT2D eigenvalue weighted by atomic mass is 35.5. The molecule has 0 atom stereocenters. The quantitative estimate of drug-likeness (QED) is 0.624. The van der Waals surface area contributed by atoms with Gasteiger partial charge in [0.1, 0.15) is 11.6 Å². The summed E-state index contributed by atoms with van der Waals surface area (Å²) >= 11 is 6.12. The van der Waals surface area contributed by atoms with Crippen LogP contribution in [0.2, 0.25) is 5.02 Å². The number of halogens is 2. The summed E-state index contributed by atoms with van der Waals surface area (Å²) in [7, 11) is -1.72. The molecular formula is C21H24Cl2N4O2S. The smallest absolute Gasteiger partial charge is 0.263 e. The van der Waals surface area contributed by atoms with Gasteiger partial charge in [0.25, 0.3) is 10.0 Å².